The number of rotatable bonds is 3. The topological polar surface area (TPSA) is 35.6 Å². The van der Waals surface area contributed by atoms with E-state index < -0.39 is 0 Å². The maximum Gasteiger partial charge on any atom is 0.225 e. The summed E-state index contributed by atoms with van der Waals surface area (Å²) >= 11 is 0. The summed E-state index contributed by atoms with van der Waals surface area (Å²) in [5.74, 6) is 0.640. The van der Waals surface area contributed by atoms with Gasteiger partial charge in [-0.05, 0) is 38.4 Å². The molecule has 1 N–H and O–H groups in total. The zero-order chi connectivity index (χ0) is 15.4. The summed E-state index contributed by atoms with van der Waals surface area (Å²) in [4.78, 5) is 17.1. The van der Waals surface area contributed by atoms with Crippen molar-refractivity contribution in [2.75, 3.05) is 39.3 Å². The molecular weight excluding hydrogens is 310 g/mol. The molecule has 128 valence electrons. The molecule has 0 unspecified atom stereocenters. The Morgan fingerprint density at radius 2 is 1.87 bits per heavy atom. The Kier molecular flexibility index (Phi) is 6.88. The van der Waals surface area contributed by atoms with Gasteiger partial charge in [0.1, 0.15) is 0 Å². The van der Waals surface area contributed by atoms with Crippen LogP contribution >= 0.6 is 12.4 Å². The minimum Gasteiger partial charge on any atom is -0.340 e. The molecule has 1 aromatic rings. The number of nitrogens with one attached hydrogen (secondary N) is 1. The van der Waals surface area contributed by atoms with Gasteiger partial charge < -0.3 is 10.2 Å². The predicted molar refractivity (Wildman–Crippen MR) is 95.9 cm³/mol. The molecule has 0 atom stereocenters. The number of halogens is 1. The van der Waals surface area contributed by atoms with Crippen molar-refractivity contribution >= 4 is 18.3 Å². The first-order valence-corrected chi connectivity index (χ1v) is 8.50. The molecule has 0 radical (unpaired) electrons. The fraction of sp³-hybridized carbons (Fsp3) is 0.611. The maximum atomic E-state index is 12.5. The molecule has 4 nitrogen and oxygen atoms in total. The highest BCUT2D eigenvalue weighted by atomic mass is 35.5. The fourth-order valence-corrected chi connectivity index (χ4v) is 3.52. The lowest BCUT2D eigenvalue weighted by Gasteiger charge is -2.37. The van der Waals surface area contributed by atoms with Crippen LogP contribution in [0.15, 0.2) is 24.3 Å². The van der Waals surface area contributed by atoms with Crippen molar-refractivity contribution in [1.82, 2.24) is 15.1 Å². The lowest BCUT2D eigenvalue weighted by molar-refractivity contribution is -0.138. The molecule has 5 heteroatoms. The molecule has 2 fully saturated rings. The molecule has 2 saturated heterocycles. The molecule has 0 aromatic heterocycles. The average Bonchev–Trinajstić information content (AvgIpc) is 2.56. The zero-order valence-corrected chi connectivity index (χ0v) is 14.8. The predicted octanol–water partition coefficient (Wildman–Crippen LogP) is 2.06. The number of hydrogen-bond donors (Lipinski definition) is 1. The Bertz CT molecular complexity index is 509. The number of piperazine rings is 1. The molecule has 2 aliphatic rings. The summed E-state index contributed by atoms with van der Waals surface area (Å²) in [6, 6.07) is 8.72. The second-order valence-electron chi connectivity index (χ2n) is 6.61. The molecule has 2 aliphatic heterocycles. The summed E-state index contributed by atoms with van der Waals surface area (Å²) in [7, 11) is 0. The van der Waals surface area contributed by atoms with Crippen molar-refractivity contribution in [1.29, 1.82) is 0 Å². The van der Waals surface area contributed by atoms with E-state index in [0.29, 0.717) is 5.91 Å². The normalized spacial score (nSPS) is 20.1. The van der Waals surface area contributed by atoms with Crippen molar-refractivity contribution in [2.45, 2.75) is 26.3 Å². The van der Waals surface area contributed by atoms with Crippen LogP contribution in [0.25, 0.3) is 0 Å². The van der Waals surface area contributed by atoms with E-state index >= 15 is 0 Å². The smallest absolute Gasteiger partial charge is 0.225 e. The molecule has 0 saturated carbocycles. The Morgan fingerprint density at radius 1 is 1.17 bits per heavy atom. The highest BCUT2D eigenvalue weighted by molar-refractivity contribution is 5.85. The van der Waals surface area contributed by atoms with Crippen LogP contribution in [0.3, 0.4) is 0 Å². The zero-order valence-electron chi connectivity index (χ0n) is 14.0. The lowest BCUT2D eigenvalue weighted by Crippen LogP contribution is -2.51. The van der Waals surface area contributed by atoms with Gasteiger partial charge in [-0.25, -0.2) is 0 Å². The number of carbonyl (C=O) groups is 1. The van der Waals surface area contributed by atoms with Crippen LogP contribution in [0.5, 0.6) is 0 Å². The van der Waals surface area contributed by atoms with Crippen LogP contribution in [-0.4, -0.2) is 55.0 Å². The molecule has 23 heavy (non-hydrogen) atoms. The summed E-state index contributed by atoms with van der Waals surface area (Å²) in [6.07, 6.45) is 2.00. The number of piperidine rings is 1. The van der Waals surface area contributed by atoms with E-state index in [9.17, 15) is 4.79 Å². The van der Waals surface area contributed by atoms with Gasteiger partial charge in [-0.3, -0.25) is 9.69 Å². The fourth-order valence-electron chi connectivity index (χ4n) is 3.52. The van der Waals surface area contributed by atoms with E-state index in [2.05, 4.69) is 46.3 Å². The molecule has 3 rings (SSSR count). The van der Waals surface area contributed by atoms with Crippen molar-refractivity contribution in [3.8, 4) is 0 Å². The van der Waals surface area contributed by atoms with E-state index in [4.69, 9.17) is 0 Å². The van der Waals surface area contributed by atoms with Crippen molar-refractivity contribution in [3.63, 3.8) is 0 Å². The Labute approximate surface area is 145 Å². The second kappa shape index (κ2) is 8.67. The summed E-state index contributed by atoms with van der Waals surface area (Å²) in [5, 5.41) is 3.33. The molecule has 0 bridgehead atoms. The SMILES string of the molecule is Cc1cccc(CN2CCN(C(=O)C3CCNCC3)CC2)c1.Cl. The first-order chi connectivity index (χ1) is 10.7. The van der Waals surface area contributed by atoms with Crippen LogP contribution in [0.2, 0.25) is 0 Å². The van der Waals surface area contributed by atoms with E-state index in [1.54, 1.807) is 0 Å². The van der Waals surface area contributed by atoms with Gasteiger partial charge in [0.15, 0.2) is 0 Å². The van der Waals surface area contributed by atoms with Crippen molar-refractivity contribution in [3.05, 3.63) is 35.4 Å². The number of benzene rings is 1. The number of aryl methyl sites for hydroxylation is 1. The minimum atomic E-state index is 0. The minimum absolute atomic E-state index is 0. The van der Waals surface area contributed by atoms with Crippen LogP contribution in [0.4, 0.5) is 0 Å². The lowest BCUT2D eigenvalue weighted by atomic mass is 9.96. The maximum absolute atomic E-state index is 12.5. The van der Waals surface area contributed by atoms with Crippen LogP contribution in [-0.2, 0) is 11.3 Å². The first-order valence-electron chi connectivity index (χ1n) is 8.50. The first kappa shape index (κ1) is 18.2. The van der Waals surface area contributed by atoms with E-state index in [0.717, 1.165) is 58.7 Å². The van der Waals surface area contributed by atoms with Gasteiger partial charge in [0.25, 0.3) is 0 Å². The second-order valence-corrected chi connectivity index (χ2v) is 6.61. The summed E-state index contributed by atoms with van der Waals surface area (Å²) < 4.78 is 0. The molecule has 0 spiro atoms. The standard InChI is InChI=1S/C18H27N3O.ClH/c1-15-3-2-4-16(13-15)14-20-9-11-21(12-10-20)18(22)17-5-7-19-8-6-17;/h2-4,13,17,19H,5-12,14H2,1H3;1H. The van der Waals surface area contributed by atoms with Crippen molar-refractivity contribution < 1.29 is 4.79 Å². The average molecular weight is 338 g/mol. The molecule has 2 heterocycles. The number of amides is 1. The van der Waals surface area contributed by atoms with Gasteiger partial charge >= 0.3 is 0 Å². The highest BCUT2D eigenvalue weighted by Crippen LogP contribution is 2.17. The van der Waals surface area contributed by atoms with Gasteiger partial charge in [-0.2, -0.15) is 0 Å². The number of nitrogens with zero attached hydrogens (tertiary/aromatic N) is 2. The monoisotopic (exact) mass is 337 g/mol. The van der Waals surface area contributed by atoms with Gasteiger partial charge in [0.2, 0.25) is 5.91 Å². The van der Waals surface area contributed by atoms with Gasteiger partial charge in [-0.15, -0.1) is 12.4 Å². The third kappa shape index (κ3) is 4.93. The number of carbonyl (C=O) groups excluding carboxylic acids is 1. The van der Waals surface area contributed by atoms with Gasteiger partial charge in [0, 0.05) is 38.6 Å². The highest BCUT2D eigenvalue weighted by Gasteiger charge is 2.28. The van der Waals surface area contributed by atoms with Gasteiger partial charge in [0.05, 0.1) is 0 Å². The number of hydrogen-bond acceptors (Lipinski definition) is 3. The summed E-state index contributed by atoms with van der Waals surface area (Å²) in [5.41, 5.74) is 2.69. The Hall–Kier alpha value is -1.10. The van der Waals surface area contributed by atoms with E-state index in [1.165, 1.54) is 11.1 Å². The van der Waals surface area contributed by atoms with Gasteiger partial charge in [-0.1, -0.05) is 29.8 Å². The third-order valence-corrected chi connectivity index (χ3v) is 4.86. The van der Waals surface area contributed by atoms with Crippen molar-refractivity contribution in [2.24, 2.45) is 5.92 Å². The van der Waals surface area contributed by atoms with Crippen LogP contribution in [0.1, 0.15) is 24.0 Å². The largest absolute Gasteiger partial charge is 0.340 e. The molecular formula is C18H28ClN3O. The van der Waals surface area contributed by atoms with E-state index in [-0.39, 0.29) is 18.3 Å². The van der Waals surface area contributed by atoms with Crippen LogP contribution < -0.4 is 5.32 Å². The molecule has 1 aromatic carbocycles. The third-order valence-electron chi connectivity index (χ3n) is 4.86. The van der Waals surface area contributed by atoms with Crippen LogP contribution in [0, 0.1) is 12.8 Å². The Morgan fingerprint density at radius 3 is 2.52 bits per heavy atom. The molecule has 1 amide bonds. The molecule has 0 aliphatic carbocycles. The quantitative estimate of drug-likeness (QED) is 0.917. The van der Waals surface area contributed by atoms with E-state index in [1.807, 2.05) is 0 Å². The summed E-state index contributed by atoms with van der Waals surface area (Å²) in [6.45, 7) is 8.86. The Balaban J connectivity index is 0.00000192.